The Hall–Kier alpha value is -1.83. The first-order chi connectivity index (χ1) is 8.99. The Morgan fingerprint density at radius 2 is 2.00 bits per heavy atom. The monoisotopic (exact) mass is 254 g/mol. The standard InChI is InChI=1S/C17H22N2/c1-13-5-7-15(8-6-13)14(2)19-17(3,4)16-9-11-18-12-10-16/h5-9,11-12,16,19H,2,10H2,1,3-4H3. The molecule has 1 aromatic rings. The average Bonchev–Trinajstić information content (AvgIpc) is 2.40. The molecule has 0 saturated carbocycles. The molecule has 2 heteroatoms. The Labute approximate surface area is 116 Å². The Bertz CT molecular complexity index is 507. The third-order valence-corrected chi connectivity index (χ3v) is 3.67. The lowest BCUT2D eigenvalue weighted by Crippen LogP contribution is -2.44. The second kappa shape index (κ2) is 5.43. The molecule has 1 unspecified atom stereocenters. The van der Waals surface area contributed by atoms with Gasteiger partial charge < -0.3 is 5.32 Å². The summed E-state index contributed by atoms with van der Waals surface area (Å²) in [5.41, 5.74) is 3.35. The second-order valence-corrected chi connectivity index (χ2v) is 5.71. The normalized spacial score (nSPS) is 18.4. The van der Waals surface area contributed by atoms with Crippen LogP contribution in [0.15, 0.2) is 48.1 Å². The number of aliphatic imine (C=N–C) groups is 1. The number of hydrogen-bond acceptors (Lipinski definition) is 2. The first kappa shape index (κ1) is 13.6. The van der Waals surface area contributed by atoms with Crippen LogP contribution in [-0.4, -0.2) is 11.8 Å². The molecule has 2 nitrogen and oxygen atoms in total. The van der Waals surface area contributed by atoms with E-state index in [-0.39, 0.29) is 5.54 Å². The fraction of sp³-hybridized carbons (Fsp3) is 0.353. The van der Waals surface area contributed by atoms with Gasteiger partial charge in [0.1, 0.15) is 0 Å². The molecule has 0 amide bonds. The highest BCUT2D eigenvalue weighted by molar-refractivity contribution is 5.64. The van der Waals surface area contributed by atoms with Crippen molar-refractivity contribution in [3.63, 3.8) is 0 Å². The minimum absolute atomic E-state index is 0.0368. The minimum Gasteiger partial charge on any atom is -0.380 e. The van der Waals surface area contributed by atoms with Gasteiger partial charge in [0, 0.05) is 29.6 Å². The van der Waals surface area contributed by atoms with Crippen LogP contribution in [0.1, 0.15) is 31.4 Å². The topological polar surface area (TPSA) is 24.4 Å². The van der Waals surface area contributed by atoms with Crippen molar-refractivity contribution >= 4 is 11.9 Å². The Morgan fingerprint density at radius 1 is 1.32 bits per heavy atom. The minimum atomic E-state index is -0.0368. The lowest BCUT2D eigenvalue weighted by molar-refractivity contribution is 0.344. The van der Waals surface area contributed by atoms with Crippen molar-refractivity contribution in [2.45, 2.75) is 32.7 Å². The predicted molar refractivity (Wildman–Crippen MR) is 83.2 cm³/mol. The van der Waals surface area contributed by atoms with Crippen molar-refractivity contribution < 1.29 is 0 Å². The van der Waals surface area contributed by atoms with E-state index in [1.54, 1.807) is 0 Å². The van der Waals surface area contributed by atoms with E-state index in [0.29, 0.717) is 5.92 Å². The summed E-state index contributed by atoms with van der Waals surface area (Å²) in [6.45, 7) is 10.7. The molecule has 19 heavy (non-hydrogen) atoms. The predicted octanol–water partition coefficient (Wildman–Crippen LogP) is 3.94. The van der Waals surface area contributed by atoms with Crippen LogP contribution >= 0.6 is 0 Å². The zero-order valence-electron chi connectivity index (χ0n) is 12.0. The molecule has 0 saturated heterocycles. The lowest BCUT2D eigenvalue weighted by Gasteiger charge is -2.35. The zero-order chi connectivity index (χ0) is 13.9. The Kier molecular flexibility index (Phi) is 3.89. The van der Waals surface area contributed by atoms with Crippen molar-refractivity contribution in [2.75, 3.05) is 0 Å². The Morgan fingerprint density at radius 3 is 2.58 bits per heavy atom. The highest BCUT2D eigenvalue weighted by Crippen LogP contribution is 2.26. The van der Waals surface area contributed by atoms with E-state index in [9.17, 15) is 0 Å². The molecule has 1 aliphatic rings. The largest absolute Gasteiger partial charge is 0.380 e. The van der Waals surface area contributed by atoms with Crippen molar-refractivity contribution in [1.82, 2.24) is 5.32 Å². The third kappa shape index (κ3) is 3.34. The van der Waals surface area contributed by atoms with Gasteiger partial charge >= 0.3 is 0 Å². The number of nitrogens with zero attached hydrogens (tertiary/aromatic N) is 1. The summed E-state index contributed by atoms with van der Waals surface area (Å²) >= 11 is 0. The number of aryl methyl sites for hydroxylation is 1. The molecule has 0 radical (unpaired) electrons. The van der Waals surface area contributed by atoms with Crippen molar-refractivity contribution in [2.24, 2.45) is 10.9 Å². The molecule has 2 rings (SSSR count). The van der Waals surface area contributed by atoms with Gasteiger partial charge in [-0.25, -0.2) is 0 Å². The molecular formula is C17H22N2. The van der Waals surface area contributed by atoms with E-state index < -0.39 is 0 Å². The van der Waals surface area contributed by atoms with Crippen LogP contribution in [0.4, 0.5) is 0 Å². The second-order valence-electron chi connectivity index (χ2n) is 5.71. The van der Waals surface area contributed by atoms with Crippen LogP contribution in [0.2, 0.25) is 0 Å². The summed E-state index contributed by atoms with van der Waals surface area (Å²) in [7, 11) is 0. The van der Waals surface area contributed by atoms with Gasteiger partial charge in [0.15, 0.2) is 0 Å². The van der Waals surface area contributed by atoms with Crippen molar-refractivity contribution in [3.8, 4) is 0 Å². The maximum Gasteiger partial charge on any atom is 0.0384 e. The molecule has 100 valence electrons. The number of rotatable bonds is 4. The fourth-order valence-electron chi connectivity index (χ4n) is 2.31. The maximum atomic E-state index is 4.17. The lowest BCUT2D eigenvalue weighted by atomic mass is 9.84. The molecule has 0 aliphatic carbocycles. The molecular weight excluding hydrogens is 232 g/mol. The summed E-state index contributed by atoms with van der Waals surface area (Å²) in [5.74, 6) is 0.437. The van der Waals surface area contributed by atoms with Crippen LogP contribution in [0, 0.1) is 12.8 Å². The van der Waals surface area contributed by atoms with Crippen LogP contribution in [-0.2, 0) is 0 Å². The van der Waals surface area contributed by atoms with Gasteiger partial charge in [-0.3, -0.25) is 4.99 Å². The molecule has 1 aromatic carbocycles. The van der Waals surface area contributed by atoms with E-state index in [1.165, 1.54) is 5.56 Å². The summed E-state index contributed by atoms with van der Waals surface area (Å²) in [6.07, 6.45) is 6.99. The molecule has 0 spiro atoms. The van der Waals surface area contributed by atoms with Crippen molar-refractivity contribution in [3.05, 3.63) is 54.2 Å². The van der Waals surface area contributed by atoms with Gasteiger partial charge in [0.05, 0.1) is 0 Å². The number of benzene rings is 1. The smallest absolute Gasteiger partial charge is 0.0384 e. The average molecular weight is 254 g/mol. The maximum absolute atomic E-state index is 4.17. The fourth-order valence-corrected chi connectivity index (χ4v) is 2.31. The number of hydrogen-bond donors (Lipinski definition) is 1. The van der Waals surface area contributed by atoms with Crippen LogP contribution in [0.5, 0.6) is 0 Å². The van der Waals surface area contributed by atoms with Gasteiger partial charge in [-0.15, -0.1) is 0 Å². The van der Waals surface area contributed by atoms with Gasteiger partial charge in [-0.1, -0.05) is 42.5 Å². The number of nitrogens with one attached hydrogen (secondary N) is 1. The first-order valence-corrected chi connectivity index (χ1v) is 6.71. The van der Waals surface area contributed by atoms with E-state index >= 15 is 0 Å². The summed E-state index contributed by atoms with van der Waals surface area (Å²) in [5, 5.41) is 3.55. The molecule has 0 bridgehead atoms. The first-order valence-electron chi connectivity index (χ1n) is 6.71. The van der Waals surface area contributed by atoms with Crippen molar-refractivity contribution in [1.29, 1.82) is 0 Å². The highest BCUT2D eigenvalue weighted by Gasteiger charge is 2.28. The van der Waals surface area contributed by atoms with Gasteiger partial charge in [0.25, 0.3) is 0 Å². The zero-order valence-corrected chi connectivity index (χ0v) is 12.0. The summed E-state index contributed by atoms with van der Waals surface area (Å²) in [4.78, 5) is 4.13. The Balaban J connectivity index is 2.07. The summed E-state index contributed by atoms with van der Waals surface area (Å²) < 4.78 is 0. The van der Waals surface area contributed by atoms with E-state index in [4.69, 9.17) is 0 Å². The molecule has 1 N–H and O–H groups in total. The summed E-state index contributed by atoms with van der Waals surface area (Å²) in [6, 6.07) is 8.45. The molecule has 0 aromatic heterocycles. The van der Waals surface area contributed by atoms with Gasteiger partial charge in [-0.05, 0) is 32.8 Å². The van der Waals surface area contributed by atoms with E-state index in [2.05, 4.69) is 68.0 Å². The van der Waals surface area contributed by atoms with E-state index in [1.807, 2.05) is 12.4 Å². The molecule has 1 heterocycles. The molecule has 0 fully saturated rings. The van der Waals surface area contributed by atoms with Gasteiger partial charge in [0.2, 0.25) is 0 Å². The van der Waals surface area contributed by atoms with Crippen LogP contribution in [0.25, 0.3) is 5.70 Å². The van der Waals surface area contributed by atoms with Gasteiger partial charge in [-0.2, -0.15) is 0 Å². The molecule has 1 atom stereocenters. The SMILES string of the molecule is C=C(NC(C)(C)C1C=CN=CC1)c1ccc(C)cc1. The quantitative estimate of drug-likeness (QED) is 0.864. The van der Waals surface area contributed by atoms with E-state index in [0.717, 1.165) is 17.7 Å². The van der Waals surface area contributed by atoms with Crippen LogP contribution < -0.4 is 5.32 Å². The third-order valence-electron chi connectivity index (χ3n) is 3.67. The highest BCUT2D eigenvalue weighted by atomic mass is 15.0. The van der Waals surface area contributed by atoms with Crippen LogP contribution in [0.3, 0.4) is 0 Å². The molecule has 1 aliphatic heterocycles.